The molecular formula is C53H45N5. The van der Waals surface area contributed by atoms with E-state index < -0.39 is 0 Å². The summed E-state index contributed by atoms with van der Waals surface area (Å²) in [4.78, 5) is 15.9. The number of aromatic nitrogens is 5. The van der Waals surface area contributed by atoms with Crippen LogP contribution in [0.4, 0.5) is 0 Å². The van der Waals surface area contributed by atoms with E-state index in [0.717, 1.165) is 49.8 Å². The van der Waals surface area contributed by atoms with E-state index in [0.29, 0.717) is 17.6 Å². The molecule has 0 radical (unpaired) electrons. The molecule has 0 unspecified atom stereocenters. The van der Waals surface area contributed by atoms with Gasteiger partial charge in [-0.25, -0.2) is 4.98 Å². The second-order valence-corrected chi connectivity index (χ2v) is 17.4. The monoisotopic (exact) mass is 751 g/mol. The van der Waals surface area contributed by atoms with Crippen molar-refractivity contribution in [2.24, 2.45) is 0 Å². The van der Waals surface area contributed by atoms with Crippen molar-refractivity contribution in [3.8, 4) is 45.5 Å². The van der Waals surface area contributed by atoms with Crippen LogP contribution in [0.5, 0.6) is 0 Å². The molecule has 0 fully saturated rings. The van der Waals surface area contributed by atoms with E-state index >= 15 is 0 Å². The summed E-state index contributed by atoms with van der Waals surface area (Å²) in [5.41, 5.74) is 12.2. The van der Waals surface area contributed by atoms with Crippen molar-refractivity contribution in [3.63, 3.8) is 0 Å². The lowest BCUT2D eigenvalue weighted by Gasteiger charge is -2.19. The Bertz CT molecular complexity index is 3140. The number of nitrogens with zero attached hydrogens (tertiary/aromatic N) is 5. The summed E-state index contributed by atoms with van der Waals surface area (Å²) in [6.45, 7) is 13.7. The Hall–Kier alpha value is -6.85. The first-order valence-electron chi connectivity index (χ1n) is 20.1. The summed E-state index contributed by atoms with van der Waals surface area (Å²) in [5.74, 6) is 1.83. The standard InChI is InChI=1S/C53H45N5/c1-52(2,3)38-26-29-44-42(32-38)41-28-31-46-47(43-33-39(53(4,5)6)27-30-45(43)57(46)40-20-14-9-15-21-40)48(41)58(44)51-55-49(36-18-12-8-13-19-36)54-50(56-51)37-24-22-35(23-25-37)34-16-10-7-11-17-34/h7-33H,1-6H3. The molecular weight excluding hydrogens is 707 g/mol. The summed E-state index contributed by atoms with van der Waals surface area (Å²) in [5, 5.41) is 4.71. The summed E-state index contributed by atoms with van der Waals surface area (Å²) >= 11 is 0. The van der Waals surface area contributed by atoms with Gasteiger partial charge in [0.25, 0.3) is 0 Å². The van der Waals surface area contributed by atoms with E-state index in [1.807, 2.05) is 24.3 Å². The summed E-state index contributed by atoms with van der Waals surface area (Å²) in [6.07, 6.45) is 0. The van der Waals surface area contributed by atoms with Gasteiger partial charge in [-0.1, -0.05) is 163 Å². The predicted molar refractivity (Wildman–Crippen MR) is 242 cm³/mol. The highest BCUT2D eigenvalue weighted by molar-refractivity contribution is 6.26. The Kier molecular flexibility index (Phi) is 8.20. The minimum Gasteiger partial charge on any atom is -0.309 e. The van der Waals surface area contributed by atoms with Gasteiger partial charge in [0.2, 0.25) is 5.95 Å². The van der Waals surface area contributed by atoms with Gasteiger partial charge in [-0.15, -0.1) is 0 Å². The zero-order valence-electron chi connectivity index (χ0n) is 33.8. The van der Waals surface area contributed by atoms with Gasteiger partial charge in [-0.3, -0.25) is 4.57 Å². The van der Waals surface area contributed by atoms with Crippen LogP contribution >= 0.6 is 0 Å². The van der Waals surface area contributed by atoms with Crippen molar-refractivity contribution < 1.29 is 0 Å². The maximum absolute atomic E-state index is 5.39. The van der Waals surface area contributed by atoms with Gasteiger partial charge >= 0.3 is 0 Å². The third kappa shape index (κ3) is 5.97. The van der Waals surface area contributed by atoms with Gasteiger partial charge in [-0.2, -0.15) is 9.97 Å². The highest BCUT2D eigenvalue weighted by atomic mass is 15.2. The first-order chi connectivity index (χ1) is 28.0. The quantitative estimate of drug-likeness (QED) is 0.176. The molecule has 0 spiro atoms. The Morgan fingerprint density at radius 2 is 0.845 bits per heavy atom. The van der Waals surface area contributed by atoms with Gasteiger partial charge in [-0.05, 0) is 75.5 Å². The normalized spacial score (nSPS) is 12.3. The number of benzene rings is 7. The molecule has 10 rings (SSSR count). The van der Waals surface area contributed by atoms with E-state index in [4.69, 9.17) is 15.0 Å². The minimum absolute atomic E-state index is 0.0373. The molecule has 0 saturated heterocycles. The number of hydrogen-bond donors (Lipinski definition) is 0. The van der Waals surface area contributed by atoms with Crippen molar-refractivity contribution in [3.05, 3.63) is 175 Å². The molecule has 0 aliphatic heterocycles. The molecule has 0 aliphatic carbocycles. The number of fused-ring (bicyclic) bond motifs is 7. The van der Waals surface area contributed by atoms with Crippen molar-refractivity contribution in [1.29, 1.82) is 0 Å². The summed E-state index contributed by atoms with van der Waals surface area (Å²) < 4.78 is 4.70. The lowest BCUT2D eigenvalue weighted by Crippen LogP contribution is -2.11. The molecule has 3 heterocycles. The lowest BCUT2D eigenvalue weighted by atomic mass is 9.86. The van der Waals surface area contributed by atoms with Crippen molar-refractivity contribution in [2.75, 3.05) is 0 Å². The van der Waals surface area contributed by atoms with Crippen LogP contribution in [0.1, 0.15) is 52.7 Å². The number of hydrogen-bond acceptors (Lipinski definition) is 3. The van der Waals surface area contributed by atoms with Crippen molar-refractivity contribution in [1.82, 2.24) is 24.1 Å². The Morgan fingerprint density at radius 3 is 1.43 bits per heavy atom. The topological polar surface area (TPSA) is 48.5 Å². The Morgan fingerprint density at radius 1 is 0.379 bits per heavy atom. The zero-order valence-corrected chi connectivity index (χ0v) is 33.8. The van der Waals surface area contributed by atoms with Crippen molar-refractivity contribution in [2.45, 2.75) is 52.4 Å². The van der Waals surface area contributed by atoms with Crippen LogP contribution in [0.3, 0.4) is 0 Å². The van der Waals surface area contributed by atoms with E-state index in [9.17, 15) is 0 Å². The molecule has 5 nitrogen and oxygen atoms in total. The van der Waals surface area contributed by atoms with Gasteiger partial charge in [0.1, 0.15) is 0 Å². The minimum atomic E-state index is -0.0403. The van der Waals surface area contributed by atoms with Gasteiger partial charge in [0.05, 0.1) is 22.1 Å². The first kappa shape index (κ1) is 35.6. The van der Waals surface area contributed by atoms with Crippen LogP contribution in [-0.2, 0) is 10.8 Å². The molecule has 282 valence electrons. The molecule has 10 aromatic rings. The smallest absolute Gasteiger partial charge is 0.238 e. The van der Waals surface area contributed by atoms with Gasteiger partial charge < -0.3 is 4.57 Å². The average molecular weight is 752 g/mol. The summed E-state index contributed by atoms with van der Waals surface area (Å²) in [6, 6.07) is 58.5. The van der Waals surface area contributed by atoms with Crippen LogP contribution in [0.15, 0.2) is 164 Å². The molecule has 0 N–H and O–H groups in total. The van der Waals surface area contributed by atoms with Crippen molar-refractivity contribution >= 4 is 43.6 Å². The summed E-state index contributed by atoms with van der Waals surface area (Å²) in [7, 11) is 0. The molecule has 3 aromatic heterocycles. The fourth-order valence-corrected chi connectivity index (χ4v) is 8.36. The maximum Gasteiger partial charge on any atom is 0.238 e. The fourth-order valence-electron chi connectivity index (χ4n) is 8.36. The van der Waals surface area contributed by atoms with E-state index in [1.54, 1.807) is 0 Å². The zero-order chi connectivity index (χ0) is 39.8. The Labute approximate surface area is 339 Å². The van der Waals surface area contributed by atoms with Crippen LogP contribution in [0.25, 0.3) is 89.2 Å². The molecule has 0 atom stereocenters. The van der Waals surface area contributed by atoms with E-state index in [1.165, 1.54) is 32.8 Å². The molecule has 7 aromatic carbocycles. The second-order valence-electron chi connectivity index (χ2n) is 17.4. The van der Waals surface area contributed by atoms with Gasteiger partial charge in [0.15, 0.2) is 11.6 Å². The molecule has 0 saturated carbocycles. The van der Waals surface area contributed by atoms with Crippen LogP contribution in [-0.4, -0.2) is 24.1 Å². The fraction of sp³-hybridized carbons (Fsp3) is 0.151. The number of para-hydroxylation sites is 1. The largest absolute Gasteiger partial charge is 0.309 e. The number of rotatable bonds is 5. The van der Waals surface area contributed by atoms with E-state index in [-0.39, 0.29) is 10.8 Å². The molecule has 0 amide bonds. The third-order valence-corrected chi connectivity index (χ3v) is 11.5. The Balaban J connectivity index is 1.34. The van der Waals surface area contributed by atoms with Gasteiger partial charge in [0, 0.05) is 38.4 Å². The molecule has 5 heteroatoms. The molecule has 58 heavy (non-hydrogen) atoms. The maximum atomic E-state index is 5.39. The van der Waals surface area contributed by atoms with Crippen LogP contribution in [0.2, 0.25) is 0 Å². The van der Waals surface area contributed by atoms with Crippen LogP contribution in [0, 0.1) is 0 Å². The average Bonchev–Trinajstić information content (AvgIpc) is 3.76. The SMILES string of the molecule is CC(C)(C)c1ccc2c(c1)c1c(ccc3c4cc(C(C)(C)C)ccc4n(-c4nc(-c5ccccc5)nc(-c5ccc(-c6ccccc6)cc5)n4)c31)n2-c1ccccc1. The highest BCUT2D eigenvalue weighted by Crippen LogP contribution is 2.44. The lowest BCUT2D eigenvalue weighted by molar-refractivity contribution is 0.591. The first-order valence-corrected chi connectivity index (χ1v) is 20.1. The molecule has 0 aliphatic rings. The molecule has 0 bridgehead atoms. The second kappa shape index (κ2) is 13.4. The predicted octanol–water partition coefficient (Wildman–Crippen LogP) is 13.7. The highest BCUT2D eigenvalue weighted by Gasteiger charge is 2.26. The van der Waals surface area contributed by atoms with Crippen LogP contribution < -0.4 is 0 Å². The third-order valence-electron chi connectivity index (χ3n) is 11.5. The van der Waals surface area contributed by atoms with E-state index in [2.05, 4.69) is 190 Å².